The number of hydrogen-bond acceptors (Lipinski definition) is 5. The Balaban J connectivity index is 1.35. The number of rotatable bonds is 4. The van der Waals surface area contributed by atoms with E-state index in [1.807, 2.05) is 19.1 Å². The van der Waals surface area contributed by atoms with E-state index in [4.69, 9.17) is 9.47 Å². The minimum absolute atomic E-state index is 0.324. The van der Waals surface area contributed by atoms with E-state index in [1.54, 1.807) is 0 Å². The SMILES string of the molecule is Cc1nnc2n1C[C@@H](CNCc1cccc3c1OCO3)CC2. The Bertz CT molecular complexity index is 683. The Labute approximate surface area is 129 Å². The first-order chi connectivity index (χ1) is 10.8. The summed E-state index contributed by atoms with van der Waals surface area (Å²) in [6.45, 7) is 5.15. The van der Waals surface area contributed by atoms with Gasteiger partial charge in [0.2, 0.25) is 6.79 Å². The fourth-order valence-electron chi connectivity index (χ4n) is 3.24. The summed E-state index contributed by atoms with van der Waals surface area (Å²) >= 11 is 0. The van der Waals surface area contributed by atoms with E-state index in [0.29, 0.717) is 12.7 Å². The van der Waals surface area contributed by atoms with Crippen molar-refractivity contribution in [2.75, 3.05) is 13.3 Å². The fourth-order valence-corrected chi connectivity index (χ4v) is 3.24. The zero-order valence-corrected chi connectivity index (χ0v) is 12.7. The van der Waals surface area contributed by atoms with Gasteiger partial charge in [-0.25, -0.2) is 0 Å². The maximum atomic E-state index is 5.54. The summed E-state index contributed by atoms with van der Waals surface area (Å²) in [5.74, 6) is 4.50. The lowest BCUT2D eigenvalue weighted by Gasteiger charge is -2.24. The fraction of sp³-hybridized carbons (Fsp3) is 0.500. The van der Waals surface area contributed by atoms with Gasteiger partial charge in [-0.15, -0.1) is 10.2 Å². The maximum Gasteiger partial charge on any atom is 0.231 e. The molecule has 116 valence electrons. The van der Waals surface area contributed by atoms with Crippen molar-refractivity contribution < 1.29 is 9.47 Å². The van der Waals surface area contributed by atoms with Crippen LogP contribution in [0, 0.1) is 12.8 Å². The van der Waals surface area contributed by atoms with Gasteiger partial charge < -0.3 is 19.4 Å². The standard InChI is InChI=1S/C16H20N4O2/c1-11-18-19-15-6-5-12(9-20(11)15)7-17-8-13-3-2-4-14-16(13)22-10-21-14/h2-4,12,17H,5-10H2,1H3/t12-/m1/s1. The van der Waals surface area contributed by atoms with Crippen molar-refractivity contribution in [2.24, 2.45) is 5.92 Å². The molecular weight excluding hydrogens is 280 g/mol. The normalized spacial score (nSPS) is 19.2. The Hall–Kier alpha value is -2.08. The van der Waals surface area contributed by atoms with Crippen LogP contribution in [0.5, 0.6) is 11.5 Å². The molecule has 0 amide bonds. The van der Waals surface area contributed by atoms with Gasteiger partial charge in [0, 0.05) is 25.1 Å². The average Bonchev–Trinajstić information content (AvgIpc) is 3.15. The van der Waals surface area contributed by atoms with Crippen molar-refractivity contribution in [3.63, 3.8) is 0 Å². The van der Waals surface area contributed by atoms with Crippen LogP contribution in [0.1, 0.15) is 23.6 Å². The summed E-state index contributed by atoms with van der Waals surface area (Å²) in [7, 11) is 0. The zero-order valence-electron chi connectivity index (χ0n) is 12.7. The number of aromatic nitrogens is 3. The van der Waals surface area contributed by atoms with Crippen LogP contribution in [0.2, 0.25) is 0 Å². The predicted octanol–water partition coefficient (Wildman–Crippen LogP) is 1.67. The molecule has 22 heavy (non-hydrogen) atoms. The van der Waals surface area contributed by atoms with Gasteiger partial charge in [0.15, 0.2) is 11.5 Å². The topological polar surface area (TPSA) is 61.2 Å². The number of ether oxygens (including phenoxy) is 2. The number of aryl methyl sites for hydroxylation is 2. The maximum absolute atomic E-state index is 5.54. The van der Waals surface area contributed by atoms with Gasteiger partial charge in [0.05, 0.1) is 0 Å². The van der Waals surface area contributed by atoms with Gasteiger partial charge >= 0.3 is 0 Å². The van der Waals surface area contributed by atoms with Crippen molar-refractivity contribution in [3.8, 4) is 11.5 Å². The number of nitrogens with one attached hydrogen (secondary N) is 1. The highest BCUT2D eigenvalue weighted by molar-refractivity contribution is 5.48. The second-order valence-electron chi connectivity index (χ2n) is 5.96. The highest BCUT2D eigenvalue weighted by Gasteiger charge is 2.22. The third kappa shape index (κ3) is 2.43. The van der Waals surface area contributed by atoms with E-state index in [1.165, 1.54) is 0 Å². The molecule has 1 atom stereocenters. The molecule has 4 rings (SSSR count). The highest BCUT2D eigenvalue weighted by atomic mass is 16.7. The van der Waals surface area contributed by atoms with Gasteiger partial charge in [-0.2, -0.15) is 0 Å². The summed E-state index contributed by atoms with van der Waals surface area (Å²) in [5.41, 5.74) is 1.16. The molecule has 0 radical (unpaired) electrons. The monoisotopic (exact) mass is 300 g/mol. The van der Waals surface area contributed by atoms with Crippen LogP contribution >= 0.6 is 0 Å². The van der Waals surface area contributed by atoms with Gasteiger partial charge in [0.25, 0.3) is 0 Å². The highest BCUT2D eigenvalue weighted by Crippen LogP contribution is 2.35. The van der Waals surface area contributed by atoms with E-state index < -0.39 is 0 Å². The van der Waals surface area contributed by atoms with Gasteiger partial charge in [-0.05, 0) is 31.9 Å². The van der Waals surface area contributed by atoms with Crippen molar-refractivity contribution >= 4 is 0 Å². The molecule has 6 nitrogen and oxygen atoms in total. The third-order valence-electron chi connectivity index (χ3n) is 4.46. The summed E-state index contributed by atoms with van der Waals surface area (Å²) in [4.78, 5) is 0. The molecule has 0 bridgehead atoms. The Morgan fingerprint density at radius 1 is 1.32 bits per heavy atom. The van der Waals surface area contributed by atoms with Gasteiger partial charge in [-0.3, -0.25) is 0 Å². The molecule has 0 aliphatic carbocycles. The number of fused-ring (bicyclic) bond motifs is 2. The molecule has 3 heterocycles. The van der Waals surface area contributed by atoms with Crippen LogP contribution in [0.3, 0.4) is 0 Å². The van der Waals surface area contributed by atoms with Gasteiger partial charge in [-0.1, -0.05) is 12.1 Å². The summed E-state index contributed by atoms with van der Waals surface area (Å²) in [6.07, 6.45) is 2.18. The minimum Gasteiger partial charge on any atom is -0.454 e. The lowest BCUT2D eigenvalue weighted by molar-refractivity contribution is 0.173. The van der Waals surface area contributed by atoms with Crippen LogP contribution < -0.4 is 14.8 Å². The Kier molecular flexibility index (Phi) is 3.46. The first-order valence-electron chi connectivity index (χ1n) is 7.78. The second kappa shape index (κ2) is 5.61. The molecule has 2 aliphatic rings. The number of benzene rings is 1. The summed E-state index contributed by atoms with van der Waals surface area (Å²) < 4.78 is 13.2. The molecule has 0 unspecified atom stereocenters. The van der Waals surface area contributed by atoms with Crippen molar-refractivity contribution in [1.82, 2.24) is 20.1 Å². The molecule has 1 aromatic carbocycles. The first kappa shape index (κ1) is 13.6. The zero-order chi connectivity index (χ0) is 14.9. The third-order valence-corrected chi connectivity index (χ3v) is 4.46. The molecule has 2 aliphatic heterocycles. The van der Waals surface area contributed by atoms with Crippen molar-refractivity contribution in [2.45, 2.75) is 32.9 Å². The van der Waals surface area contributed by atoms with Crippen LogP contribution in [-0.4, -0.2) is 28.1 Å². The summed E-state index contributed by atoms with van der Waals surface area (Å²) in [5, 5.41) is 11.9. The van der Waals surface area contributed by atoms with Crippen LogP contribution in [0.25, 0.3) is 0 Å². The number of para-hydroxylation sites is 1. The number of hydrogen-bond donors (Lipinski definition) is 1. The van der Waals surface area contributed by atoms with Crippen molar-refractivity contribution in [1.29, 1.82) is 0 Å². The predicted molar refractivity (Wildman–Crippen MR) is 80.8 cm³/mol. The molecule has 0 fully saturated rings. The van der Waals surface area contributed by atoms with E-state index in [0.717, 1.165) is 61.2 Å². The molecule has 1 N–H and O–H groups in total. The van der Waals surface area contributed by atoms with E-state index >= 15 is 0 Å². The minimum atomic E-state index is 0.324. The van der Waals surface area contributed by atoms with Crippen LogP contribution in [-0.2, 0) is 19.5 Å². The molecule has 1 aromatic heterocycles. The van der Waals surface area contributed by atoms with Crippen molar-refractivity contribution in [3.05, 3.63) is 35.4 Å². The smallest absolute Gasteiger partial charge is 0.231 e. The summed E-state index contributed by atoms with van der Waals surface area (Å²) in [6, 6.07) is 6.05. The molecule has 0 spiro atoms. The van der Waals surface area contributed by atoms with Gasteiger partial charge in [0.1, 0.15) is 11.6 Å². The van der Waals surface area contributed by atoms with Crippen LogP contribution in [0.4, 0.5) is 0 Å². The van der Waals surface area contributed by atoms with E-state index in [9.17, 15) is 0 Å². The van der Waals surface area contributed by atoms with E-state index in [-0.39, 0.29) is 0 Å². The molecular formula is C16H20N4O2. The van der Waals surface area contributed by atoms with E-state index in [2.05, 4.69) is 26.1 Å². The molecule has 6 heteroatoms. The lowest BCUT2D eigenvalue weighted by Crippen LogP contribution is -2.30. The van der Waals surface area contributed by atoms with Crippen LogP contribution in [0.15, 0.2) is 18.2 Å². The lowest BCUT2D eigenvalue weighted by atomic mass is 9.99. The second-order valence-corrected chi connectivity index (χ2v) is 5.96. The first-order valence-corrected chi connectivity index (χ1v) is 7.78. The molecule has 0 saturated heterocycles. The number of nitrogens with zero attached hydrogens (tertiary/aromatic N) is 3. The Morgan fingerprint density at radius 3 is 3.23 bits per heavy atom. The molecule has 0 saturated carbocycles. The quantitative estimate of drug-likeness (QED) is 0.930. The Morgan fingerprint density at radius 2 is 2.27 bits per heavy atom. The molecule has 2 aromatic rings. The average molecular weight is 300 g/mol. The largest absolute Gasteiger partial charge is 0.454 e.